The maximum Gasteiger partial charge on any atom is 0.212 e. The van der Waals surface area contributed by atoms with E-state index in [1.165, 1.54) is 68.9 Å². The van der Waals surface area contributed by atoms with Gasteiger partial charge in [0.05, 0.1) is 11.3 Å². The van der Waals surface area contributed by atoms with Crippen LogP contribution in [0, 0.1) is 20.8 Å². The first-order valence-electron chi connectivity index (χ1n) is 11.7. The zero-order chi connectivity index (χ0) is 22.4. The van der Waals surface area contributed by atoms with E-state index in [0.29, 0.717) is 0 Å². The summed E-state index contributed by atoms with van der Waals surface area (Å²) in [7, 11) is 4.32. The summed E-state index contributed by atoms with van der Waals surface area (Å²) in [5.41, 5.74) is 12.9. The summed E-state index contributed by atoms with van der Waals surface area (Å²) in [6, 6.07) is 17.7. The molecule has 2 aromatic heterocycles. The Kier molecular flexibility index (Phi) is 5.21. The molecule has 0 saturated heterocycles. The number of pyridine rings is 1. The van der Waals surface area contributed by atoms with E-state index in [-0.39, 0.29) is 0 Å². The SMILES string of the molecule is Cc1cccc(C)c1-c1cc(-c2nc3c(n2C)CCCC3)c(C)c(-c2cccc[n+]2C)c1. The summed E-state index contributed by atoms with van der Waals surface area (Å²) < 4.78 is 4.56. The molecule has 3 nitrogen and oxygen atoms in total. The van der Waals surface area contributed by atoms with E-state index in [9.17, 15) is 0 Å². The largest absolute Gasteiger partial charge is 0.331 e. The van der Waals surface area contributed by atoms with Crippen LogP contribution in [0.2, 0.25) is 0 Å². The van der Waals surface area contributed by atoms with Crippen LogP contribution < -0.4 is 4.57 Å². The van der Waals surface area contributed by atoms with Crippen LogP contribution >= 0.6 is 0 Å². The molecule has 0 bridgehead atoms. The molecule has 162 valence electrons. The monoisotopic (exact) mass is 422 g/mol. The molecule has 0 fully saturated rings. The first-order chi connectivity index (χ1) is 15.5. The highest BCUT2D eigenvalue weighted by Gasteiger charge is 2.23. The third-order valence-corrected chi connectivity index (χ3v) is 7.12. The van der Waals surface area contributed by atoms with Crippen LogP contribution in [-0.4, -0.2) is 9.55 Å². The van der Waals surface area contributed by atoms with Gasteiger partial charge in [-0.3, -0.25) is 0 Å². The van der Waals surface area contributed by atoms with Gasteiger partial charge in [0.1, 0.15) is 12.9 Å². The average Bonchev–Trinajstić information content (AvgIpc) is 3.11. The van der Waals surface area contributed by atoms with Crippen molar-refractivity contribution in [3.05, 3.63) is 82.8 Å². The molecule has 2 aromatic carbocycles. The predicted octanol–water partition coefficient (Wildman–Crippen LogP) is 6.05. The van der Waals surface area contributed by atoms with Crippen LogP contribution in [0.15, 0.2) is 54.7 Å². The topological polar surface area (TPSA) is 21.7 Å². The summed E-state index contributed by atoms with van der Waals surface area (Å²) >= 11 is 0. The lowest BCUT2D eigenvalue weighted by Crippen LogP contribution is -2.30. The number of aryl methyl sites for hydroxylation is 4. The molecule has 32 heavy (non-hydrogen) atoms. The van der Waals surface area contributed by atoms with E-state index in [1.807, 2.05) is 0 Å². The van der Waals surface area contributed by atoms with Crippen LogP contribution in [0.1, 0.15) is 40.9 Å². The van der Waals surface area contributed by atoms with Gasteiger partial charge < -0.3 is 4.57 Å². The van der Waals surface area contributed by atoms with Crippen molar-refractivity contribution in [1.29, 1.82) is 0 Å². The van der Waals surface area contributed by atoms with Gasteiger partial charge >= 0.3 is 0 Å². The summed E-state index contributed by atoms with van der Waals surface area (Å²) in [4.78, 5) is 5.17. The van der Waals surface area contributed by atoms with Crippen molar-refractivity contribution in [1.82, 2.24) is 9.55 Å². The average molecular weight is 423 g/mol. The molecule has 0 N–H and O–H groups in total. The minimum absolute atomic E-state index is 1.10. The lowest BCUT2D eigenvalue weighted by Gasteiger charge is -2.17. The maximum atomic E-state index is 5.17. The standard InChI is InChI=1S/C29H32N3/c1-19-11-10-12-20(2)28(19)22-17-23(26-14-8-9-16-31(26)4)21(3)24(18-22)29-30-25-13-6-7-15-27(25)32(29)5/h8-12,14,16-18H,6-7,13,15H2,1-5H3/q+1. The molecule has 1 aliphatic carbocycles. The lowest BCUT2D eigenvalue weighted by molar-refractivity contribution is -0.660. The highest BCUT2D eigenvalue weighted by molar-refractivity contribution is 5.83. The smallest absolute Gasteiger partial charge is 0.212 e. The van der Waals surface area contributed by atoms with Crippen molar-refractivity contribution in [2.24, 2.45) is 14.1 Å². The van der Waals surface area contributed by atoms with E-state index in [4.69, 9.17) is 4.98 Å². The minimum Gasteiger partial charge on any atom is -0.331 e. The number of hydrogen-bond acceptors (Lipinski definition) is 1. The van der Waals surface area contributed by atoms with E-state index in [2.05, 4.69) is 98.7 Å². The van der Waals surface area contributed by atoms with Gasteiger partial charge in [0, 0.05) is 30.4 Å². The first-order valence-corrected chi connectivity index (χ1v) is 11.7. The molecule has 1 aliphatic rings. The molecule has 0 saturated carbocycles. The molecular formula is C29H32N3+. The van der Waals surface area contributed by atoms with Crippen molar-refractivity contribution in [3.63, 3.8) is 0 Å². The molecule has 0 unspecified atom stereocenters. The fourth-order valence-electron chi connectivity index (χ4n) is 5.36. The van der Waals surface area contributed by atoms with Crippen molar-refractivity contribution in [3.8, 4) is 33.8 Å². The molecule has 3 heteroatoms. The van der Waals surface area contributed by atoms with Crippen LogP contribution in [0.25, 0.3) is 33.8 Å². The second kappa shape index (κ2) is 8.05. The third-order valence-electron chi connectivity index (χ3n) is 7.12. The van der Waals surface area contributed by atoms with Gasteiger partial charge in [0.15, 0.2) is 6.20 Å². The number of fused-ring (bicyclic) bond motifs is 1. The molecule has 0 spiro atoms. The van der Waals surface area contributed by atoms with E-state index in [0.717, 1.165) is 18.7 Å². The predicted molar refractivity (Wildman–Crippen MR) is 132 cm³/mol. The number of benzene rings is 2. The number of hydrogen-bond donors (Lipinski definition) is 0. The number of imidazole rings is 1. The number of rotatable bonds is 3. The normalized spacial score (nSPS) is 13.3. The number of nitrogens with zero attached hydrogens (tertiary/aromatic N) is 3. The summed E-state index contributed by atoms with van der Waals surface area (Å²) in [5, 5.41) is 0. The van der Waals surface area contributed by atoms with Crippen molar-refractivity contribution >= 4 is 0 Å². The lowest BCUT2D eigenvalue weighted by atomic mass is 9.89. The molecule has 5 rings (SSSR count). The molecular weight excluding hydrogens is 390 g/mol. The Morgan fingerprint density at radius 2 is 1.59 bits per heavy atom. The zero-order valence-electron chi connectivity index (χ0n) is 19.9. The van der Waals surface area contributed by atoms with Gasteiger partial charge in [-0.2, -0.15) is 0 Å². The van der Waals surface area contributed by atoms with Gasteiger partial charge in [-0.1, -0.05) is 18.2 Å². The van der Waals surface area contributed by atoms with Gasteiger partial charge in [-0.25, -0.2) is 9.55 Å². The molecule has 2 heterocycles. The Balaban J connectivity index is 1.82. The highest BCUT2D eigenvalue weighted by Crippen LogP contribution is 2.38. The Hall–Kier alpha value is -3.20. The van der Waals surface area contributed by atoms with E-state index >= 15 is 0 Å². The van der Waals surface area contributed by atoms with Crippen LogP contribution in [-0.2, 0) is 26.9 Å². The van der Waals surface area contributed by atoms with Gasteiger partial charge in [0.2, 0.25) is 5.69 Å². The molecule has 0 aliphatic heterocycles. The second-order valence-corrected chi connectivity index (χ2v) is 9.25. The fourth-order valence-corrected chi connectivity index (χ4v) is 5.36. The molecule has 0 atom stereocenters. The van der Waals surface area contributed by atoms with Gasteiger partial charge in [-0.05, 0) is 92.5 Å². The first kappa shape index (κ1) is 20.7. The van der Waals surface area contributed by atoms with Gasteiger partial charge in [-0.15, -0.1) is 0 Å². The Bertz CT molecular complexity index is 1310. The van der Waals surface area contributed by atoms with E-state index < -0.39 is 0 Å². The Morgan fingerprint density at radius 1 is 0.875 bits per heavy atom. The van der Waals surface area contributed by atoms with Crippen LogP contribution in [0.3, 0.4) is 0 Å². The highest BCUT2D eigenvalue weighted by atomic mass is 15.1. The van der Waals surface area contributed by atoms with Crippen molar-refractivity contribution < 1.29 is 4.57 Å². The molecule has 0 radical (unpaired) electrons. The zero-order valence-corrected chi connectivity index (χ0v) is 19.9. The summed E-state index contributed by atoms with van der Waals surface area (Å²) in [6.45, 7) is 6.67. The number of aromatic nitrogens is 3. The Morgan fingerprint density at radius 3 is 2.31 bits per heavy atom. The summed E-state index contributed by atoms with van der Waals surface area (Å²) in [5.74, 6) is 1.10. The summed E-state index contributed by atoms with van der Waals surface area (Å²) in [6.07, 6.45) is 6.86. The fraction of sp³-hybridized carbons (Fsp3) is 0.310. The van der Waals surface area contributed by atoms with Gasteiger partial charge in [0.25, 0.3) is 0 Å². The van der Waals surface area contributed by atoms with E-state index in [1.54, 1.807) is 0 Å². The van der Waals surface area contributed by atoms with Crippen molar-refractivity contribution in [2.45, 2.75) is 46.5 Å². The third kappa shape index (κ3) is 3.37. The van der Waals surface area contributed by atoms with Crippen LogP contribution in [0.5, 0.6) is 0 Å². The Labute approximate surface area is 191 Å². The quantitative estimate of drug-likeness (QED) is 0.368. The molecule has 4 aromatic rings. The maximum absolute atomic E-state index is 5.17. The molecule has 0 amide bonds. The second-order valence-electron chi connectivity index (χ2n) is 9.25. The van der Waals surface area contributed by atoms with Crippen LogP contribution in [0.4, 0.5) is 0 Å². The minimum atomic E-state index is 1.10. The van der Waals surface area contributed by atoms with Crippen molar-refractivity contribution in [2.75, 3.05) is 0 Å².